The molecule has 102 valence electrons. The van der Waals surface area contributed by atoms with Crippen molar-refractivity contribution >= 4 is 41.9 Å². The standard InChI is InChI=1S/C12H15NO3S2Si/c14-18(15,7-10(16-19)8-5-6-8)12-13-9-3-1-2-4-11(9)17-12/h1-4,8,10H,5-7H2,19H3. The summed E-state index contributed by atoms with van der Waals surface area (Å²) < 4.78 is 31.3. The SMILES string of the molecule is O=S(=O)(CC(O[SiH3])C1CC1)c1nc2ccccc2s1. The molecule has 3 rings (SSSR count). The molecule has 1 aliphatic rings. The van der Waals surface area contributed by atoms with Crippen LogP contribution in [-0.2, 0) is 14.3 Å². The summed E-state index contributed by atoms with van der Waals surface area (Å²) >= 11 is 1.25. The molecule has 0 spiro atoms. The largest absolute Gasteiger partial charge is 0.424 e. The fraction of sp³-hybridized carbons (Fsp3) is 0.417. The van der Waals surface area contributed by atoms with Crippen LogP contribution in [0.25, 0.3) is 10.2 Å². The molecular weight excluding hydrogens is 298 g/mol. The molecule has 2 aromatic rings. The molecule has 0 N–H and O–H groups in total. The Morgan fingerprint density at radius 1 is 1.42 bits per heavy atom. The number of hydrogen-bond donors (Lipinski definition) is 0. The van der Waals surface area contributed by atoms with Crippen molar-refractivity contribution in [2.75, 3.05) is 5.75 Å². The fourth-order valence-corrected chi connectivity index (χ4v) is 5.83. The molecule has 1 aliphatic carbocycles. The summed E-state index contributed by atoms with van der Waals surface area (Å²) in [6.45, 7) is 0. The predicted molar refractivity (Wildman–Crippen MR) is 79.2 cm³/mol. The second-order valence-corrected chi connectivity index (χ2v) is 8.55. The zero-order valence-electron chi connectivity index (χ0n) is 10.6. The summed E-state index contributed by atoms with van der Waals surface area (Å²) in [5.74, 6) is 0.503. The first kappa shape index (κ1) is 13.2. The lowest BCUT2D eigenvalue weighted by atomic mass is 10.3. The van der Waals surface area contributed by atoms with E-state index < -0.39 is 9.84 Å². The minimum atomic E-state index is -3.33. The Bertz CT molecular complexity index is 661. The van der Waals surface area contributed by atoms with Crippen LogP contribution < -0.4 is 0 Å². The lowest BCUT2D eigenvalue weighted by molar-refractivity contribution is 0.220. The number of fused-ring (bicyclic) bond motifs is 1. The number of aromatic nitrogens is 1. The predicted octanol–water partition coefficient (Wildman–Crippen LogP) is 1.15. The number of sulfone groups is 1. The Morgan fingerprint density at radius 2 is 2.16 bits per heavy atom. The number of thiazole rings is 1. The molecule has 7 heteroatoms. The smallest absolute Gasteiger partial charge is 0.210 e. The first-order chi connectivity index (χ1) is 9.10. The highest BCUT2D eigenvalue weighted by Crippen LogP contribution is 2.36. The van der Waals surface area contributed by atoms with Gasteiger partial charge in [-0.05, 0) is 30.9 Å². The minimum Gasteiger partial charge on any atom is -0.424 e. The van der Waals surface area contributed by atoms with Crippen LogP contribution in [0.4, 0.5) is 0 Å². The lowest BCUT2D eigenvalue weighted by Crippen LogP contribution is -2.25. The van der Waals surface area contributed by atoms with Gasteiger partial charge in [0.2, 0.25) is 14.2 Å². The van der Waals surface area contributed by atoms with Gasteiger partial charge in [0, 0.05) is 0 Å². The van der Waals surface area contributed by atoms with Crippen LogP contribution in [0, 0.1) is 5.92 Å². The van der Waals surface area contributed by atoms with Gasteiger partial charge in [0.1, 0.15) is 10.5 Å². The van der Waals surface area contributed by atoms with Crippen LogP contribution in [0.15, 0.2) is 28.6 Å². The molecule has 19 heavy (non-hydrogen) atoms. The van der Waals surface area contributed by atoms with E-state index in [-0.39, 0.29) is 16.2 Å². The van der Waals surface area contributed by atoms with E-state index in [0.29, 0.717) is 16.4 Å². The van der Waals surface area contributed by atoms with Crippen LogP contribution in [0.2, 0.25) is 0 Å². The Hall–Kier alpha value is -0.763. The van der Waals surface area contributed by atoms with E-state index in [9.17, 15) is 8.42 Å². The average molecular weight is 313 g/mol. The van der Waals surface area contributed by atoms with Gasteiger partial charge in [-0.3, -0.25) is 0 Å². The number of para-hydroxylation sites is 1. The molecule has 0 aliphatic heterocycles. The van der Waals surface area contributed by atoms with Gasteiger partial charge in [0.25, 0.3) is 0 Å². The van der Waals surface area contributed by atoms with Crippen molar-refractivity contribution in [2.24, 2.45) is 5.92 Å². The minimum absolute atomic E-state index is 0.0704. The third-order valence-corrected chi connectivity index (χ3v) is 7.21. The van der Waals surface area contributed by atoms with Crippen molar-refractivity contribution in [3.05, 3.63) is 24.3 Å². The van der Waals surface area contributed by atoms with Crippen molar-refractivity contribution in [3.63, 3.8) is 0 Å². The highest BCUT2D eigenvalue weighted by atomic mass is 32.2. The molecule has 1 unspecified atom stereocenters. The molecule has 0 radical (unpaired) electrons. The van der Waals surface area contributed by atoms with Gasteiger partial charge in [0.15, 0.2) is 0 Å². The topological polar surface area (TPSA) is 56.3 Å². The maximum atomic E-state index is 12.4. The maximum absolute atomic E-state index is 12.4. The van der Waals surface area contributed by atoms with Crippen molar-refractivity contribution in [3.8, 4) is 0 Å². The molecule has 1 atom stereocenters. The molecule has 1 fully saturated rings. The molecule has 4 nitrogen and oxygen atoms in total. The fourth-order valence-electron chi connectivity index (χ4n) is 2.14. The van der Waals surface area contributed by atoms with Crippen molar-refractivity contribution < 1.29 is 12.8 Å². The van der Waals surface area contributed by atoms with Crippen molar-refractivity contribution in [2.45, 2.75) is 23.3 Å². The van der Waals surface area contributed by atoms with Gasteiger partial charge in [-0.2, -0.15) is 0 Å². The van der Waals surface area contributed by atoms with Crippen LogP contribution in [0.5, 0.6) is 0 Å². The van der Waals surface area contributed by atoms with Gasteiger partial charge in [0.05, 0.1) is 22.1 Å². The molecular formula is C12H15NO3S2Si. The third kappa shape index (κ3) is 2.74. The van der Waals surface area contributed by atoms with E-state index in [1.165, 1.54) is 11.3 Å². The normalized spacial score (nSPS) is 17.9. The van der Waals surface area contributed by atoms with E-state index in [2.05, 4.69) is 4.98 Å². The second-order valence-electron chi connectivity index (χ2n) is 4.84. The average Bonchev–Trinajstić information content (AvgIpc) is 3.13. The van der Waals surface area contributed by atoms with Crippen LogP contribution >= 0.6 is 11.3 Å². The molecule has 1 aromatic carbocycles. The highest BCUT2D eigenvalue weighted by molar-refractivity contribution is 7.93. The van der Waals surface area contributed by atoms with Gasteiger partial charge >= 0.3 is 0 Å². The van der Waals surface area contributed by atoms with Gasteiger partial charge in [-0.25, -0.2) is 13.4 Å². The van der Waals surface area contributed by atoms with Crippen molar-refractivity contribution in [1.82, 2.24) is 4.98 Å². The zero-order chi connectivity index (χ0) is 13.5. The number of benzene rings is 1. The van der Waals surface area contributed by atoms with Crippen LogP contribution in [-0.4, -0.2) is 35.7 Å². The summed E-state index contributed by atoms with van der Waals surface area (Å²) in [6.07, 6.45) is 2.04. The van der Waals surface area contributed by atoms with E-state index in [1.54, 1.807) is 0 Å². The first-order valence-corrected chi connectivity index (χ1v) is 9.50. The highest BCUT2D eigenvalue weighted by Gasteiger charge is 2.35. The van der Waals surface area contributed by atoms with E-state index in [1.807, 2.05) is 24.3 Å². The Morgan fingerprint density at radius 3 is 2.79 bits per heavy atom. The van der Waals surface area contributed by atoms with Crippen LogP contribution in [0.3, 0.4) is 0 Å². The third-order valence-electron chi connectivity index (χ3n) is 3.37. The maximum Gasteiger partial charge on any atom is 0.210 e. The number of rotatable bonds is 5. The van der Waals surface area contributed by atoms with Gasteiger partial charge < -0.3 is 4.43 Å². The Labute approximate surface area is 119 Å². The quantitative estimate of drug-likeness (QED) is 0.777. The number of hydrogen-bond acceptors (Lipinski definition) is 5. The Balaban J connectivity index is 1.90. The molecule has 0 amide bonds. The van der Waals surface area contributed by atoms with E-state index >= 15 is 0 Å². The summed E-state index contributed by atoms with van der Waals surface area (Å²) in [7, 11) is -2.76. The van der Waals surface area contributed by atoms with E-state index in [4.69, 9.17) is 4.43 Å². The molecule has 0 bridgehead atoms. The molecule has 1 heterocycles. The summed E-state index contributed by atoms with van der Waals surface area (Å²) in [5.41, 5.74) is 0.751. The molecule has 1 aromatic heterocycles. The van der Waals surface area contributed by atoms with Gasteiger partial charge in [-0.15, -0.1) is 11.3 Å². The zero-order valence-corrected chi connectivity index (χ0v) is 14.2. The van der Waals surface area contributed by atoms with E-state index in [0.717, 1.165) is 23.1 Å². The number of nitrogens with zero attached hydrogens (tertiary/aromatic N) is 1. The second kappa shape index (κ2) is 4.97. The summed E-state index contributed by atoms with van der Waals surface area (Å²) in [5, 5.41) is 0. The monoisotopic (exact) mass is 313 g/mol. The van der Waals surface area contributed by atoms with Crippen molar-refractivity contribution in [1.29, 1.82) is 0 Å². The summed E-state index contributed by atoms with van der Waals surface area (Å²) in [4.78, 5) is 4.24. The Kier molecular flexibility index (Phi) is 3.46. The van der Waals surface area contributed by atoms with Crippen LogP contribution in [0.1, 0.15) is 12.8 Å². The lowest BCUT2D eigenvalue weighted by Gasteiger charge is -2.13. The van der Waals surface area contributed by atoms with Gasteiger partial charge in [-0.1, -0.05) is 12.1 Å². The molecule has 1 saturated carbocycles. The summed E-state index contributed by atoms with van der Waals surface area (Å²) in [6, 6.07) is 7.50. The first-order valence-electron chi connectivity index (χ1n) is 6.21. The molecule has 0 saturated heterocycles.